The summed E-state index contributed by atoms with van der Waals surface area (Å²) < 4.78 is 0. The molecule has 0 aliphatic rings. The summed E-state index contributed by atoms with van der Waals surface area (Å²) >= 11 is 0. The van der Waals surface area contributed by atoms with Crippen LogP contribution in [0, 0.1) is 6.92 Å². The Kier molecular flexibility index (Phi) is 5.89. The minimum Gasteiger partial charge on any atom is -0.365 e. The summed E-state index contributed by atoms with van der Waals surface area (Å²) in [7, 11) is 0. The Hall–Kier alpha value is -3.11. The molecule has 0 radical (unpaired) electrons. The van der Waals surface area contributed by atoms with Crippen LogP contribution in [0.25, 0.3) is 10.9 Å². The quantitative estimate of drug-likeness (QED) is 0.468. The van der Waals surface area contributed by atoms with E-state index in [1.54, 1.807) is 0 Å². The van der Waals surface area contributed by atoms with Gasteiger partial charge in [0, 0.05) is 17.6 Å². The number of anilines is 3. The minimum atomic E-state index is 0. The Balaban J connectivity index is 0.00000210. The largest absolute Gasteiger partial charge is 0.365 e. The lowest BCUT2D eigenvalue weighted by atomic mass is 10.2. The summed E-state index contributed by atoms with van der Waals surface area (Å²) in [5.41, 5.74) is 4.29. The molecule has 0 saturated carbocycles. The van der Waals surface area contributed by atoms with Gasteiger partial charge < -0.3 is 10.6 Å². The number of hydrogen-bond acceptors (Lipinski definition) is 4. The molecule has 0 atom stereocenters. The molecule has 2 N–H and O–H groups in total. The first-order valence-electron chi connectivity index (χ1n) is 8.67. The maximum absolute atomic E-state index is 4.72. The van der Waals surface area contributed by atoms with Crippen LogP contribution in [-0.4, -0.2) is 9.97 Å². The highest BCUT2D eigenvalue weighted by Gasteiger charge is 2.08. The Bertz CT molecular complexity index is 1030. The SMILES string of the molecule is Cc1ccccc1Nc1nc(NCc2ccccc2)c2ccccc2n1.Cl. The second-order valence-electron chi connectivity index (χ2n) is 6.19. The van der Waals surface area contributed by atoms with E-state index in [4.69, 9.17) is 4.98 Å². The molecule has 5 heteroatoms. The predicted molar refractivity (Wildman–Crippen MR) is 115 cm³/mol. The van der Waals surface area contributed by atoms with Gasteiger partial charge >= 0.3 is 0 Å². The van der Waals surface area contributed by atoms with E-state index in [-0.39, 0.29) is 12.4 Å². The maximum Gasteiger partial charge on any atom is 0.229 e. The van der Waals surface area contributed by atoms with Gasteiger partial charge in [0.15, 0.2) is 0 Å². The van der Waals surface area contributed by atoms with Crippen LogP contribution in [0.3, 0.4) is 0 Å². The van der Waals surface area contributed by atoms with E-state index in [0.717, 1.165) is 28.0 Å². The molecule has 1 heterocycles. The summed E-state index contributed by atoms with van der Waals surface area (Å²) in [4.78, 5) is 9.38. The maximum atomic E-state index is 4.72. The third kappa shape index (κ3) is 4.36. The highest BCUT2D eigenvalue weighted by molar-refractivity contribution is 5.90. The zero-order valence-electron chi connectivity index (χ0n) is 15.0. The molecule has 0 saturated heterocycles. The van der Waals surface area contributed by atoms with E-state index in [1.165, 1.54) is 5.56 Å². The van der Waals surface area contributed by atoms with Crippen LogP contribution in [0.5, 0.6) is 0 Å². The fraction of sp³-hybridized carbons (Fsp3) is 0.0909. The number of nitrogens with zero attached hydrogens (tertiary/aromatic N) is 2. The van der Waals surface area contributed by atoms with Crippen LogP contribution in [0.4, 0.5) is 17.5 Å². The van der Waals surface area contributed by atoms with E-state index in [2.05, 4.69) is 40.7 Å². The molecule has 4 nitrogen and oxygen atoms in total. The van der Waals surface area contributed by atoms with Crippen LogP contribution in [-0.2, 0) is 6.54 Å². The lowest BCUT2D eigenvalue weighted by Crippen LogP contribution is -2.06. The van der Waals surface area contributed by atoms with Crippen LogP contribution < -0.4 is 10.6 Å². The van der Waals surface area contributed by atoms with Gasteiger partial charge in [0.05, 0.1) is 5.52 Å². The van der Waals surface area contributed by atoms with Gasteiger partial charge in [-0.3, -0.25) is 0 Å². The fourth-order valence-corrected chi connectivity index (χ4v) is 2.88. The summed E-state index contributed by atoms with van der Waals surface area (Å²) in [5.74, 6) is 1.42. The van der Waals surface area contributed by atoms with E-state index < -0.39 is 0 Å². The number of rotatable bonds is 5. The van der Waals surface area contributed by atoms with E-state index in [1.807, 2.05) is 60.7 Å². The van der Waals surface area contributed by atoms with Crippen molar-refractivity contribution < 1.29 is 0 Å². The van der Waals surface area contributed by atoms with Crippen LogP contribution in [0.1, 0.15) is 11.1 Å². The van der Waals surface area contributed by atoms with Gasteiger partial charge in [-0.25, -0.2) is 4.98 Å². The van der Waals surface area contributed by atoms with Crippen molar-refractivity contribution in [2.75, 3.05) is 10.6 Å². The monoisotopic (exact) mass is 376 g/mol. The smallest absolute Gasteiger partial charge is 0.229 e. The molecule has 4 aromatic rings. The Morgan fingerprint density at radius 1 is 0.778 bits per heavy atom. The lowest BCUT2D eigenvalue weighted by molar-refractivity contribution is 1.10. The summed E-state index contributed by atoms with van der Waals surface area (Å²) in [6.07, 6.45) is 0. The fourth-order valence-electron chi connectivity index (χ4n) is 2.88. The second-order valence-corrected chi connectivity index (χ2v) is 6.19. The van der Waals surface area contributed by atoms with Gasteiger partial charge in [-0.2, -0.15) is 4.98 Å². The zero-order valence-corrected chi connectivity index (χ0v) is 15.8. The van der Waals surface area contributed by atoms with Crippen LogP contribution >= 0.6 is 12.4 Å². The molecule has 0 fully saturated rings. The normalized spacial score (nSPS) is 10.3. The Morgan fingerprint density at radius 2 is 1.48 bits per heavy atom. The van der Waals surface area contributed by atoms with Gasteiger partial charge in [0.2, 0.25) is 5.95 Å². The standard InChI is InChI=1S/C22H20N4.ClH/c1-16-9-5-7-13-19(16)24-22-25-20-14-8-6-12-18(20)21(26-22)23-15-17-10-3-2-4-11-17;/h2-14H,15H2,1H3,(H2,23,24,25,26);1H. The molecule has 4 rings (SSSR count). The lowest BCUT2D eigenvalue weighted by Gasteiger charge is -2.13. The van der Waals surface area contributed by atoms with Gasteiger partial charge in [0.1, 0.15) is 5.82 Å². The van der Waals surface area contributed by atoms with Crippen molar-refractivity contribution in [3.8, 4) is 0 Å². The Labute approximate surface area is 165 Å². The summed E-state index contributed by atoms with van der Waals surface area (Å²) in [5, 5.41) is 7.81. The number of hydrogen-bond donors (Lipinski definition) is 2. The van der Waals surface area contributed by atoms with Gasteiger partial charge in [0.25, 0.3) is 0 Å². The van der Waals surface area contributed by atoms with Crippen molar-refractivity contribution in [2.24, 2.45) is 0 Å². The van der Waals surface area contributed by atoms with Crippen molar-refractivity contribution in [3.05, 3.63) is 90.0 Å². The molecule has 3 aromatic carbocycles. The third-order valence-corrected chi connectivity index (χ3v) is 4.30. The highest BCUT2D eigenvalue weighted by Crippen LogP contribution is 2.25. The molecular weight excluding hydrogens is 356 g/mol. The van der Waals surface area contributed by atoms with Gasteiger partial charge in [-0.05, 0) is 36.2 Å². The molecule has 0 aliphatic carbocycles. The van der Waals surface area contributed by atoms with E-state index in [0.29, 0.717) is 12.5 Å². The number of nitrogens with one attached hydrogen (secondary N) is 2. The molecule has 27 heavy (non-hydrogen) atoms. The average molecular weight is 377 g/mol. The predicted octanol–water partition coefficient (Wildman–Crippen LogP) is 5.72. The molecule has 0 bridgehead atoms. The third-order valence-electron chi connectivity index (χ3n) is 4.30. The summed E-state index contributed by atoms with van der Waals surface area (Å²) in [6.45, 7) is 2.78. The van der Waals surface area contributed by atoms with Crippen molar-refractivity contribution in [1.29, 1.82) is 0 Å². The van der Waals surface area contributed by atoms with E-state index >= 15 is 0 Å². The van der Waals surface area contributed by atoms with Crippen LogP contribution in [0.15, 0.2) is 78.9 Å². The van der Waals surface area contributed by atoms with Gasteiger partial charge in [-0.1, -0.05) is 60.7 Å². The average Bonchev–Trinajstić information content (AvgIpc) is 2.69. The molecule has 136 valence electrons. The van der Waals surface area contributed by atoms with Crippen molar-refractivity contribution in [2.45, 2.75) is 13.5 Å². The molecule has 0 spiro atoms. The topological polar surface area (TPSA) is 49.8 Å². The molecule has 1 aromatic heterocycles. The van der Waals surface area contributed by atoms with Crippen molar-refractivity contribution in [3.63, 3.8) is 0 Å². The Morgan fingerprint density at radius 3 is 2.30 bits per heavy atom. The highest BCUT2D eigenvalue weighted by atomic mass is 35.5. The zero-order chi connectivity index (χ0) is 17.8. The number of aryl methyl sites for hydroxylation is 1. The van der Waals surface area contributed by atoms with Crippen molar-refractivity contribution in [1.82, 2.24) is 9.97 Å². The second kappa shape index (κ2) is 8.52. The molecule has 0 unspecified atom stereocenters. The number of para-hydroxylation sites is 2. The van der Waals surface area contributed by atoms with E-state index in [9.17, 15) is 0 Å². The number of aromatic nitrogens is 2. The van der Waals surface area contributed by atoms with Crippen molar-refractivity contribution >= 4 is 40.8 Å². The minimum absolute atomic E-state index is 0. The first kappa shape index (κ1) is 18.7. The van der Waals surface area contributed by atoms with Gasteiger partial charge in [-0.15, -0.1) is 12.4 Å². The number of halogens is 1. The summed E-state index contributed by atoms with van der Waals surface area (Å²) in [6, 6.07) is 26.5. The van der Waals surface area contributed by atoms with Crippen LogP contribution in [0.2, 0.25) is 0 Å². The molecule has 0 aliphatic heterocycles. The first-order valence-corrected chi connectivity index (χ1v) is 8.67. The number of benzene rings is 3. The number of fused-ring (bicyclic) bond motifs is 1. The molecular formula is C22H21ClN4. The first-order chi connectivity index (χ1) is 12.8. The molecule has 0 amide bonds.